The predicted molar refractivity (Wildman–Crippen MR) is 119 cm³/mol. The van der Waals surface area contributed by atoms with Gasteiger partial charge in [-0.3, -0.25) is 9.80 Å². The molecule has 7 nitrogen and oxygen atoms in total. The average Bonchev–Trinajstić information content (AvgIpc) is 3.17. The maximum Gasteiger partial charge on any atom is 0.257 e. The van der Waals surface area contributed by atoms with Crippen molar-refractivity contribution in [1.82, 2.24) is 20.1 Å². The zero-order chi connectivity index (χ0) is 21.8. The molecule has 1 amide bonds. The first-order valence-corrected chi connectivity index (χ1v) is 11.7. The molecule has 0 saturated carbocycles. The van der Waals surface area contributed by atoms with Gasteiger partial charge in [0.1, 0.15) is 0 Å². The van der Waals surface area contributed by atoms with E-state index in [1.165, 1.54) is 30.1 Å². The van der Waals surface area contributed by atoms with Crippen molar-refractivity contribution in [3.63, 3.8) is 0 Å². The van der Waals surface area contributed by atoms with Gasteiger partial charge < -0.3 is 10.3 Å². The number of sulfonamides is 1. The molecular formula is C23H24N4O3S. The Bertz CT molecular complexity index is 1310. The standard InChI is InChI=1S/C23H24N4O3S/c1-23-12-16-13-24-20-10-6-9-18(21(16)20)19(23)11-15(14-25-23)22(28)27(2)26-31(29,30)17-7-4-3-5-8-17/h3-11,13,15,24-26H,12,14H2,1-2H3/t15-,23-/m1/s1. The van der Waals surface area contributed by atoms with E-state index in [2.05, 4.69) is 40.4 Å². The van der Waals surface area contributed by atoms with Gasteiger partial charge in [0.25, 0.3) is 10.0 Å². The van der Waals surface area contributed by atoms with Crippen molar-refractivity contribution in [3.05, 3.63) is 71.9 Å². The van der Waals surface area contributed by atoms with Crippen LogP contribution in [0, 0.1) is 5.92 Å². The summed E-state index contributed by atoms with van der Waals surface area (Å²) in [5.41, 5.74) is 4.25. The first kappa shape index (κ1) is 20.0. The number of hydrazine groups is 1. The lowest BCUT2D eigenvalue weighted by atomic mass is 9.72. The molecule has 31 heavy (non-hydrogen) atoms. The van der Waals surface area contributed by atoms with Gasteiger partial charge in [0.2, 0.25) is 5.91 Å². The lowest BCUT2D eigenvalue weighted by Crippen LogP contribution is -2.55. The van der Waals surface area contributed by atoms with E-state index in [9.17, 15) is 13.2 Å². The Balaban J connectivity index is 1.45. The molecule has 2 heterocycles. The quantitative estimate of drug-likeness (QED) is 0.548. The Labute approximate surface area is 181 Å². The molecule has 0 saturated heterocycles. The molecule has 0 unspecified atom stereocenters. The lowest BCUT2D eigenvalue weighted by Gasteiger charge is -2.42. The van der Waals surface area contributed by atoms with Crippen LogP contribution in [0.3, 0.4) is 0 Å². The van der Waals surface area contributed by atoms with Gasteiger partial charge in [0.15, 0.2) is 0 Å². The first-order chi connectivity index (χ1) is 14.8. The number of nitrogens with one attached hydrogen (secondary N) is 3. The number of benzene rings is 2. The fraction of sp³-hybridized carbons (Fsp3) is 0.261. The fourth-order valence-corrected chi connectivity index (χ4v) is 5.78. The van der Waals surface area contributed by atoms with Gasteiger partial charge in [-0.15, -0.1) is 4.83 Å². The molecule has 8 heteroatoms. The van der Waals surface area contributed by atoms with Gasteiger partial charge in [-0.1, -0.05) is 36.4 Å². The molecule has 2 aromatic carbocycles. The SMILES string of the molecule is CN(NS(=O)(=O)c1ccccc1)C(=O)[C@@H]1C=C2c3cccc4[nH]cc(c34)C[C@@]2(C)NC1. The molecule has 1 aromatic heterocycles. The van der Waals surface area contributed by atoms with Gasteiger partial charge in [0, 0.05) is 36.2 Å². The summed E-state index contributed by atoms with van der Waals surface area (Å²) in [7, 11) is -2.39. The van der Waals surface area contributed by atoms with E-state index in [1.807, 2.05) is 12.1 Å². The Hall–Kier alpha value is -2.94. The molecule has 3 aromatic rings. The fourth-order valence-electron chi connectivity index (χ4n) is 4.70. The predicted octanol–water partition coefficient (Wildman–Crippen LogP) is 2.44. The number of H-pyrrole nitrogens is 1. The molecule has 2 atom stereocenters. The Morgan fingerprint density at radius 1 is 1.16 bits per heavy atom. The third-order valence-electron chi connectivity index (χ3n) is 6.25. The minimum atomic E-state index is -3.83. The van der Waals surface area contributed by atoms with Gasteiger partial charge in [-0.05, 0) is 48.2 Å². The van der Waals surface area contributed by atoms with Crippen LogP contribution >= 0.6 is 0 Å². The Morgan fingerprint density at radius 3 is 2.71 bits per heavy atom. The van der Waals surface area contributed by atoms with Gasteiger partial charge in [0.05, 0.1) is 10.8 Å². The van der Waals surface area contributed by atoms with Crippen molar-refractivity contribution < 1.29 is 13.2 Å². The van der Waals surface area contributed by atoms with Gasteiger partial charge >= 0.3 is 0 Å². The normalized spacial score (nSPS) is 22.6. The number of carbonyl (C=O) groups is 1. The van der Waals surface area contributed by atoms with Crippen LogP contribution in [0.15, 0.2) is 65.7 Å². The second-order valence-corrected chi connectivity index (χ2v) is 10.1. The van der Waals surface area contributed by atoms with Crippen molar-refractivity contribution in [3.8, 4) is 0 Å². The zero-order valence-corrected chi connectivity index (χ0v) is 18.2. The second kappa shape index (κ2) is 7.05. The minimum Gasteiger partial charge on any atom is -0.361 e. The number of rotatable bonds is 4. The number of amides is 1. The molecule has 2 aliphatic rings. The number of aromatic amines is 1. The Morgan fingerprint density at radius 2 is 1.94 bits per heavy atom. The van der Waals surface area contributed by atoms with Gasteiger partial charge in [-0.2, -0.15) is 0 Å². The summed E-state index contributed by atoms with van der Waals surface area (Å²) in [6.45, 7) is 2.59. The van der Waals surface area contributed by atoms with Crippen LogP contribution in [0.4, 0.5) is 0 Å². The summed E-state index contributed by atoms with van der Waals surface area (Å²) in [5, 5.41) is 5.81. The van der Waals surface area contributed by atoms with Crippen LogP contribution in [0.2, 0.25) is 0 Å². The topological polar surface area (TPSA) is 94.3 Å². The molecule has 3 N–H and O–H groups in total. The largest absolute Gasteiger partial charge is 0.361 e. The second-order valence-electron chi connectivity index (χ2n) is 8.42. The highest BCUT2D eigenvalue weighted by Crippen LogP contribution is 2.43. The zero-order valence-electron chi connectivity index (χ0n) is 17.3. The van der Waals surface area contributed by atoms with Crippen LogP contribution in [-0.2, 0) is 21.2 Å². The van der Waals surface area contributed by atoms with Crippen molar-refractivity contribution >= 4 is 32.4 Å². The molecule has 1 aliphatic carbocycles. The van der Waals surface area contributed by atoms with Crippen molar-refractivity contribution in [2.45, 2.75) is 23.8 Å². The maximum atomic E-state index is 13.1. The van der Waals surface area contributed by atoms with E-state index in [0.29, 0.717) is 6.54 Å². The van der Waals surface area contributed by atoms with Crippen LogP contribution in [0.5, 0.6) is 0 Å². The summed E-state index contributed by atoms with van der Waals surface area (Å²) < 4.78 is 25.2. The number of aromatic nitrogens is 1. The summed E-state index contributed by atoms with van der Waals surface area (Å²) >= 11 is 0. The molecule has 160 valence electrons. The number of nitrogens with zero attached hydrogens (tertiary/aromatic N) is 1. The minimum absolute atomic E-state index is 0.112. The number of hydrogen-bond donors (Lipinski definition) is 3. The average molecular weight is 437 g/mol. The van der Waals surface area contributed by atoms with Crippen molar-refractivity contribution in [2.24, 2.45) is 5.92 Å². The highest BCUT2D eigenvalue weighted by atomic mass is 32.2. The highest BCUT2D eigenvalue weighted by Gasteiger charge is 2.41. The smallest absolute Gasteiger partial charge is 0.257 e. The molecule has 0 bridgehead atoms. The number of carbonyl (C=O) groups excluding carboxylic acids is 1. The van der Waals surface area contributed by atoms with Gasteiger partial charge in [-0.25, -0.2) is 8.42 Å². The Kier molecular flexibility index (Phi) is 4.55. The van der Waals surface area contributed by atoms with E-state index < -0.39 is 15.9 Å². The maximum absolute atomic E-state index is 13.1. The number of hydrogen-bond acceptors (Lipinski definition) is 4. The third kappa shape index (κ3) is 3.27. The summed E-state index contributed by atoms with van der Waals surface area (Å²) in [4.78, 5) is 19.0. The van der Waals surface area contributed by atoms with E-state index in [4.69, 9.17) is 0 Å². The van der Waals surface area contributed by atoms with Crippen LogP contribution in [0.1, 0.15) is 18.1 Å². The lowest BCUT2D eigenvalue weighted by molar-refractivity contribution is -0.134. The summed E-state index contributed by atoms with van der Waals surface area (Å²) in [6, 6.07) is 14.2. The van der Waals surface area contributed by atoms with E-state index in [1.54, 1.807) is 18.2 Å². The summed E-state index contributed by atoms with van der Waals surface area (Å²) in [5.74, 6) is -0.795. The molecule has 0 fully saturated rings. The third-order valence-corrected chi connectivity index (χ3v) is 7.66. The van der Waals surface area contributed by atoms with Crippen molar-refractivity contribution in [2.75, 3.05) is 13.6 Å². The monoisotopic (exact) mass is 436 g/mol. The van der Waals surface area contributed by atoms with E-state index in [0.717, 1.165) is 28.1 Å². The number of fused-ring (bicyclic) bond motifs is 2. The highest BCUT2D eigenvalue weighted by molar-refractivity contribution is 7.89. The molecule has 1 aliphatic heterocycles. The molecule has 0 radical (unpaired) electrons. The van der Waals surface area contributed by atoms with Crippen LogP contribution < -0.4 is 10.1 Å². The van der Waals surface area contributed by atoms with E-state index in [-0.39, 0.29) is 16.3 Å². The molecule has 0 spiro atoms. The first-order valence-electron chi connectivity index (χ1n) is 10.2. The van der Waals surface area contributed by atoms with E-state index >= 15 is 0 Å². The molecular weight excluding hydrogens is 412 g/mol. The van der Waals surface area contributed by atoms with Crippen LogP contribution in [0.25, 0.3) is 16.5 Å². The molecule has 5 rings (SSSR count). The summed E-state index contributed by atoms with van der Waals surface area (Å²) in [6.07, 6.45) is 4.88. The van der Waals surface area contributed by atoms with Crippen molar-refractivity contribution in [1.29, 1.82) is 0 Å². The van der Waals surface area contributed by atoms with Crippen LogP contribution in [-0.4, -0.2) is 43.4 Å².